The maximum Gasteiger partial charge on any atom is 0.0541 e. The van der Waals surface area contributed by atoms with E-state index in [1.54, 1.807) is 0 Å². The summed E-state index contributed by atoms with van der Waals surface area (Å²) < 4.78 is 4.92. The number of hydrogen-bond donors (Lipinski definition) is 0. The largest absolute Gasteiger partial charge is 0.309 e. The van der Waals surface area contributed by atoms with Crippen LogP contribution in [0, 0.1) is 0 Å². The molecule has 11 rings (SSSR count). The molecule has 274 valence electrons. The van der Waals surface area contributed by atoms with Crippen LogP contribution in [0.1, 0.15) is 61.8 Å². The van der Waals surface area contributed by atoms with Gasteiger partial charge in [0.25, 0.3) is 0 Å². The summed E-state index contributed by atoms with van der Waals surface area (Å²) in [4.78, 5) is 0. The van der Waals surface area contributed by atoms with Gasteiger partial charge in [0, 0.05) is 32.9 Å². The molecule has 0 bridgehead atoms. The Morgan fingerprint density at radius 1 is 0.351 bits per heavy atom. The van der Waals surface area contributed by atoms with Crippen molar-refractivity contribution in [2.24, 2.45) is 0 Å². The molecule has 2 heteroatoms. The van der Waals surface area contributed by atoms with E-state index in [4.69, 9.17) is 0 Å². The quantitative estimate of drug-likeness (QED) is 0.161. The van der Waals surface area contributed by atoms with Crippen LogP contribution in [0.5, 0.6) is 0 Å². The molecule has 0 aliphatic heterocycles. The molecule has 0 amide bonds. The summed E-state index contributed by atoms with van der Waals surface area (Å²) in [7, 11) is 0. The predicted molar refractivity (Wildman–Crippen MR) is 242 cm³/mol. The Hall–Kier alpha value is -6.64. The van der Waals surface area contributed by atoms with Crippen LogP contribution in [0.2, 0.25) is 0 Å². The van der Waals surface area contributed by atoms with E-state index in [2.05, 4.69) is 207 Å². The zero-order valence-electron chi connectivity index (χ0n) is 32.9. The lowest BCUT2D eigenvalue weighted by Crippen LogP contribution is -2.00. The van der Waals surface area contributed by atoms with Crippen LogP contribution in [-0.2, 0) is 6.42 Å². The Kier molecular flexibility index (Phi) is 7.66. The van der Waals surface area contributed by atoms with Gasteiger partial charge in [-0.05, 0) is 135 Å². The fourth-order valence-corrected chi connectivity index (χ4v) is 9.71. The number of benzene rings is 8. The number of aromatic nitrogens is 2. The van der Waals surface area contributed by atoms with Crippen LogP contribution in [0.4, 0.5) is 0 Å². The first-order valence-electron chi connectivity index (χ1n) is 20.4. The van der Waals surface area contributed by atoms with Gasteiger partial charge in [-0.2, -0.15) is 0 Å². The van der Waals surface area contributed by atoms with Gasteiger partial charge in [0.05, 0.1) is 22.1 Å². The van der Waals surface area contributed by atoms with E-state index >= 15 is 0 Å². The third kappa shape index (κ3) is 5.24. The van der Waals surface area contributed by atoms with E-state index in [1.807, 2.05) is 0 Å². The molecule has 2 nitrogen and oxygen atoms in total. The van der Waals surface area contributed by atoms with E-state index in [0.29, 0.717) is 11.8 Å². The minimum Gasteiger partial charge on any atom is -0.309 e. The van der Waals surface area contributed by atoms with Crippen molar-refractivity contribution in [3.8, 4) is 44.8 Å². The van der Waals surface area contributed by atoms with Crippen LogP contribution in [0.15, 0.2) is 170 Å². The van der Waals surface area contributed by atoms with E-state index < -0.39 is 0 Å². The zero-order chi connectivity index (χ0) is 38.4. The fraction of sp³-hybridized carbons (Fsp3) is 0.127. The van der Waals surface area contributed by atoms with E-state index in [9.17, 15) is 0 Å². The molecule has 0 fully saturated rings. The number of nitrogens with zero attached hydrogens (tertiary/aromatic N) is 2. The van der Waals surface area contributed by atoms with Crippen LogP contribution >= 0.6 is 0 Å². The number of para-hydroxylation sites is 4. The lowest BCUT2D eigenvalue weighted by atomic mass is 9.95. The summed E-state index contributed by atoms with van der Waals surface area (Å²) in [6.07, 6.45) is 0.967. The highest BCUT2D eigenvalue weighted by molar-refractivity contribution is 6.12. The van der Waals surface area contributed by atoms with Crippen LogP contribution in [0.25, 0.3) is 88.4 Å². The molecule has 0 spiro atoms. The van der Waals surface area contributed by atoms with Gasteiger partial charge in [0.1, 0.15) is 0 Å². The maximum atomic E-state index is 2.46. The highest BCUT2D eigenvalue weighted by Gasteiger charge is 2.22. The van der Waals surface area contributed by atoms with Gasteiger partial charge in [-0.15, -0.1) is 0 Å². The Balaban J connectivity index is 1.01. The summed E-state index contributed by atoms with van der Waals surface area (Å²) in [5.74, 6) is 0.850. The molecule has 0 atom stereocenters. The third-order valence-corrected chi connectivity index (χ3v) is 12.5. The first kappa shape index (κ1) is 33.7. The Morgan fingerprint density at radius 3 is 1.18 bits per heavy atom. The monoisotopic (exact) mass is 732 g/mol. The minimum atomic E-state index is 0.425. The van der Waals surface area contributed by atoms with Gasteiger partial charge >= 0.3 is 0 Å². The molecule has 8 aromatic carbocycles. The average Bonchev–Trinajstić information content (AvgIpc) is 3.90. The molecule has 1 aliphatic carbocycles. The highest BCUT2D eigenvalue weighted by atomic mass is 15.0. The van der Waals surface area contributed by atoms with E-state index in [1.165, 1.54) is 111 Å². The van der Waals surface area contributed by atoms with Gasteiger partial charge in [-0.3, -0.25) is 0 Å². The number of hydrogen-bond acceptors (Lipinski definition) is 0. The van der Waals surface area contributed by atoms with Gasteiger partial charge in [-0.25, -0.2) is 0 Å². The molecule has 1 aliphatic rings. The molecule has 2 heterocycles. The SMILES string of the molecule is CC(C)c1ccccc1-n1c2ccccc2c2cc(-c3ccc4c(c3)-c3cc(-c5ccc6c(c5)c5ccccc5n6-c5ccccc5C(C)C)ccc3C4)ccc21. The smallest absolute Gasteiger partial charge is 0.0541 e. The van der Waals surface area contributed by atoms with Crippen molar-refractivity contribution in [3.63, 3.8) is 0 Å². The molecule has 10 aromatic rings. The van der Waals surface area contributed by atoms with Crippen molar-refractivity contribution < 1.29 is 0 Å². The summed E-state index contributed by atoms with van der Waals surface area (Å²) in [5.41, 5.74) is 20.7. The van der Waals surface area contributed by atoms with Crippen molar-refractivity contribution in [3.05, 3.63) is 192 Å². The Morgan fingerprint density at radius 2 is 0.719 bits per heavy atom. The molecule has 57 heavy (non-hydrogen) atoms. The third-order valence-electron chi connectivity index (χ3n) is 12.5. The average molecular weight is 733 g/mol. The summed E-state index contributed by atoms with van der Waals surface area (Å²) >= 11 is 0. The standard InChI is InChI=1S/C55H44N2/c1-34(2)42-13-5-9-17-50(42)56-52-19-11-7-15-44(52)48-32-38(25-27-54(48)56)36-21-23-40-29-41-24-22-37(31-47(41)46(40)30-36)39-26-28-55-49(33-39)45-16-8-12-20-53(45)57(55)51-18-10-6-14-43(51)35(3)4/h5-28,30-35H,29H2,1-4H3. The second-order valence-electron chi connectivity index (χ2n) is 16.5. The van der Waals surface area contributed by atoms with E-state index in [0.717, 1.165) is 6.42 Å². The number of fused-ring (bicyclic) bond motifs is 9. The van der Waals surface area contributed by atoms with Gasteiger partial charge in [-0.1, -0.05) is 137 Å². The molecular weight excluding hydrogens is 689 g/mol. The van der Waals surface area contributed by atoms with Crippen molar-refractivity contribution in [2.45, 2.75) is 46.0 Å². The van der Waals surface area contributed by atoms with Crippen molar-refractivity contribution in [2.75, 3.05) is 0 Å². The first-order chi connectivity index (χ1) is 27.9. The summed E-state index contributed by atoms with van der Waals surface area (Å²) in [6, 6.07) is 63.8. The van der Waals surface area contributed by atoms with Crippen molar-refractivity contribution in [1.29, 1.82) is 0 Å². The summed E-state index contributed by atoms with van der Waals surface area (Å²) in [6.45, 7) is 9.14. The van der Waals surface area contributed by atoms with Crippen molar-refractivity contribution >= 4 is 43.6 Å². The lowest BCUT2D eigenvalue weighted by molar-refractivity contribution is 0.854. The van der Waals surface area contributed by atoms with Crippen LogP contribution in [-0.4, -0.2) is 9.13 Å². The molecule has 0 N–H and O–H groups in total. The second kappa shape index (κ2) is 13.0. The fourth-order valence-electron chi connectivity index (χ4n) is 9.71. The maximum absolute atomic E-state index is 2.46. The lowest BCUT2D eigenvalue weighted by Gasteiger charge is -2.16. The highest BCUT2D eigenvalue weighted by Crippen LogP contribution is 2.44. The topological polar surface area (TPSA) is 9.86 Å². The molecule has 2 aromatic heterocycles. The van der Waals surface area contributed by atoms with Crippen LogP contribution < -0.4 is 0 Å². The molecule has 0 saturated carbocycles. The number of rotatable bonds is 6. The molecular formula is C55H44N2. The normalized spacial score (nSPS) is 12.5. The van der Waals surface area contributed by atoms with Crippen molar-refractivity contribution in [1.82, 2.24) is 9.13 Å². The van der Waals surface area contributed by atoms with Gasteiger partial charge < -0.3 is 9.13 Å². The molecule has 0 radical (unpaired) electrons. The van der Waals surface area contributed by atoms with Gasteiger partial charge in [0.15, 0.2) is 0 Å². The first-order valence-corrected chi connectivity index (χ1v) is 20.4. The van der Waals surface area contributed by atoms with E-state index in [-0.39, 0.29) is 0 Å². The summed E-state index contributed by atoms with van der Waals surface area (Å²) in [5, 5.41) is 5.14. The zero-order valence-corrected chi connectivity index (χ0v) is 32.9. The molecule has 0 unspecified atom stereocenters. The Bertz CT molecular complexity index is 3000. The minimum absolute atomic E-state index is 0.425. The molecule has 0 saturated heterocycles. The van der Waals surface area contributed by atoms with Gasteiger partial charge in [0.2, 0.25) is 0 Å². The Labute approximate surface area is 334 Å². The second-order valence-corrected chi connectivity index (χ2v) is 16.5. The predicted octanol–water partition coefficient (Wildman–Crippen LogP) is 15.0. The van der Waals surface area contributed by atoms with Crippen LogP contribution in [0.3, 0.4) is 0 Å².